The van der Waals surface area contributed by atoms with E-state index in [2.05, 4.69) is 38.3 Å². The molecule has 2 aliphatic heterocycles. The highest BCUT2D eigenvalue weighted by Crippen LogP contribution is 2.42. The molecule has 8 nitrogen and oxygen atoms in total. The Morgan fingerprint density at radius 1 is 1.14 bits per heavy atom. The molecule has 5 rings (SSSR count). The van der Waals surface area contributed by atoms with Crippen LogP contribution < -0.4 is 14.4 Å². The summed E-state index contributed by atoms with van der Waals surface area (Å²) < 4.78 is 32.8. The molecule has 1 saturated carbocycles. The molecule has 0 saturated heterocycles. The van der Waals surface area contributed by atoms with E-state index < -0.39 is 21.7 Å². The number of aryl methyl sites for hydroxylation is 1. The number of allylic oxidation sites excluding steroid dienone is 1. The van der Waals surface area contributed by atoms with Crippen LogP contribution in [0.15, 0.2) is 52.9 Å². The number of amides is 2. The zero-order chi connectivity index (χ0) is 31.1. The van der Waals surface area contributed by atoms with Crippen molar-refractivity contribution in [2.24, 2.45) is 16.2 Å². The van der Waals surface area contributed by atoms with E-state index in [1.54, 1.807) is 20.1 Å². The number of fused-ring (bicyclic) bond motifs is 3. The number of hydrogen-bond donors (Lipinski definition) is 1. The lowest BCUT2D eigenvalue weighted by Gasteiger charge is -2.43. The van der Waals surface area contributed by atoms with Gasteiger partial charge in [-0.1, -0.05) is 36.7 Å². The van der Waals surface area contributed by atoms with E-state index in [0.717, 1.165) is 62.2 Å². The zero-order valence-corrected chi connectivity index (χ0v) is 27.3. The number of methoxy groups -OCH3 is 1. The average molecular weight is 642 g/mol. The summed E-state index contributed by atoms with van der Waals surface area (Å²) in [5.74, 6) is 0.575. The molecule has 1 fully saturated rings. The summed E-state index contributed by atoms with van der Waals surface area (Å²) in [5.41, 5.74) is 3.53. The summed E-state index contributed by atoms with van der Waals surface area (Å²) in [5, 5.41) is 0.723. The molecule has 238 valence electrons. The summed E-state index contributed by atoms with van der Waals surface area (Å²) in [4.78, 5) is 28.2. The Kier molecular flexibility index (Phi) is 11.0. The third kappa shape index (κ3) is 8.03. The third-order valence-corrected chi connectivity index (χ3v) is 11.1. The summed E-state index contributed by atoms with van der Waals surface area (Å²) in [6, 6.07) is 11.4. The lowest BCUT2D eigenvalue weighted by molar-refractivity contribution is -0.118. The van der Waals surface area contributed by atoms with Gasteiger partial charge in [-0.3, -0.25) is 14.3 Å². The van der Waals surface area contributed by atoms with Crippen molar-refractivity contribution < 1.29 is 23.3 Å². The average Bonchev–Trinajstić information content (AvgIpc) is 3.02. The summed E-state index contributed by atoms with van der Waals surface area (Å²) in [6.45, 7) is 3.62. The monoisotopic (exact) mass is 641 g/mol. The van der Waals surface area contributed by atoms with Crippen LogP contribution in [0.4, 0.5) is 5.69 Å². The first-order chi connectivity index (χ1) is 21.3. The SMILES string of the molecule is CCC(=O)NS1(=O)=NC(=O)c2ccc3c(c2)N(Cc2ccc(Cl)cc2CCCCO3)C[C@@H]2CC[C@H]2[C@@H](OC)/C=C/CCCC1. The Labute approximate surface area is 266 Å². The predicted molar refractivity (Wildman–Crippen MR) is 176 cm³/mol. The fraction of sp³-hybridized carbons (Fsp3) is 0.529. The number of carbonyl (C=O) groups excluding carboxylic acids is 2. The van der Waals surface area contributed by atoms with E-state index in [0.29, 0.717) is 42.7 Å². The molecule has 0 aromatic heterocycles. The zero-order valence-electron chi connectivity index (χ0n) is 25.8. The Hall–Kier alpha value is -2.88. The third-order valence-electron chi connectivity index (χ3n) is 8.99. The highest BCUT2D eigenvalue weighted by molar-refractivity contribution is 7.92. The number of carbonyl (C=O) groups is 2. The lowest BCUT2D eigenvalue weighted by atomic mass is 9.70. The fourth-order valence-electron chi connectivity index (χ4n) is 6.33. The molecule has 2 aromatic rings. The van der Waals surface area contributed by atoms with Crippen LogP contribution in [0.3, 0.4) is 0 Å². The normalized spacial score (nSPS) is 27.1. The molecule has 44 heavy (non-hydrogen) atoms. The Bertz CT molecular complexity index is 1500. The molecular formula is C34H44ClN3O5S. The van der Waals surface area contributed by atoms with Gasteiger partial charge in [0.05, 0.1) is 24.2 Å². The standard InChI is InChI=1S/C34H44ClN3O5S/c1-3-33(39)36-44(41)19-9-5-4-6-11-31(42-2)29-16-13-27(29)23-38-22-26-12-15-28(35)20-24(26)10-7-8-18-43-32-17-14-25(21-30(32)38)34(40)37-44/h6,11-12,14-15,17,20-21,27,29,31H,3-5,7-10,13,16,18-19,22-23H2,1-2H3,(H,36,37,39,40,41)/b11-6+/t27-,29+,31-,44?/m0/s1. The number of ether oxygens (including phenoxy) is 2. The van der Waals surface area contributed by atoms with E-state index in [4.69, 9.17) is 21.1 Å². The van der Waals surface area contributed by atoms with Crippen molar-refractivity contribution >= 4 is 39.0 Å². The molecule has 1 aliphatic carbocycles. The Morgan fingerprint density at radius 2 is 2.00 bits per heavy atom. The number of nitrogens with one attached hydrogen (secondary N) is 1. The van der Waals surface area contributed by atoms with Gasteiger partial charge < -0.3 is 14.4 Å². The minimum absolute atomic E-state index is 0.00570. The quantitative estimate of drug-likeness (QED) is 0.367. The maximum atomic E-state index is 13.8. The number of hydrogen-bond acceptors (Lipinski definition) is 6. The smallest absolute Gasteiger partial charge is 0.286 e. The number of nitrogens with zero attached hydrogens (tertiary/aromatic N) is 2. The van der Waals surface area contributed by atoms with Crippen LogP contribution >= 0.6 is 11.6 Å². The second kappa shape index (κ2) is 14.9. The largest absolute Gasteiger partial charge is 0.491 e. The first kappa shape index (κ1) is 32.5. The van der Waals surface area contributed by atoms with E-state index >= 15 is 0 Å². The maximum Gasteiger partial charge on any atom is 0.286 e. The van der Waals surface area contributed by atoms with Crippen LogP contribution in [-0.4, -0.2) is 48.1 Å². The van der Waals surface area contributed by atoms with Gasteiger partial charge in [-0.25, -0.2) is 4.21 Å². The molecule has 2 amide bonds. The predicted octanol–water partition coefficient (Wildman–Crippen LogP) is 6.89. The topological polar surface area (TPSA) is 97.3 Å². The van der Waals surface area contributed by atoms with Gasteiger partial charge in [-0.05, 0) is 105 Å². The van der Waals surface area contributed by atoms with Gasteiger partial charge in [0.2, 0.25) is 5.91 Å². The summed E-state index contributed by atoms with van der Waals surface area (Å²) >= 11 is 6.43. The van der Waals surface area contributed by atoms with Gasteiger partial charge in [-0.15, -0.1) is 4.36 Å². The van der Waals surface area contributed by atoms with Crippen LogP contribution in [0.25, 0.3) is 0 Å². The number of anilines is 1. The molecule has 0 spiro atoms. The van der Waals surface area contributed by atoms with Gasteiger partial charge >= 0.3 is 0 Å². The molecule has 2 aromatic carbocycles. The van der Waals surface area contributed by atoms with Crippen LogP contribution in [-0.2, 0) is 32.4 Å². The van der Waals surface area contributed by atoms with Gasteiger partial charge in [-0.2, -0.15) is 0 Å². The van der Waals surface area contributed by atoms with Crippen molar-refractivity contribution in [3.63, 3.8) is 0 Å². The maximum absolute atomic E-state index is 13.8. The first-order valence-corrected chi connectivity index (χ1v) is 17.9. The molecule has 3 aliphatic rings. The van der Waals surface area contributed by atoms with Crippen LogP contribution in [0.5, 0.6) is 5.75 Å². The first-order valence-electron chi connectivity index (χ1n) is 15.9. The van der Waals surface area contributed by atoms with Gasteiger partial charge in [0.15, 0.2) is 0 Å². The van der Waals surface area contributed by atoms with Crippen molar-refractivity contribution in [3.8, 4) is 5.75 Å². The second-order valence-electron chi connectivity index (χ2n) is 12.0. The van der Waals surface area contributed by atoms with Crippen LogP contribution in [0, 0.1) is 11.8 Å². The molecule has 1 N–H and O–H groups in total. The minimum Gasteiger partial charge on any atom is -0.491 e. The van der Waals surface area contributed by atoms with E-state index in [1.807, 2.05) is 18.2 Å². The summed E-state index contributed by atoms with van der Waals surface area (Å²) in [6.07, 6.45) is 11.5. The molecule has 1 unspecified atom stereocenters. The Morgan fingerprint density at radius 3 is 2.77 bits per heavy atom. The molecule has 2 heterocycles. The number of benzene rings is 2. The van der Waals surface area contributed by atoms with E-state index in [1.165, 1.54) is 11.1 Å². The van der Waals surface area contributed by atoms with Crippen LogP contribution in [0.1, 0.15) is 79.8 Å². The fourth-order valence-corrected chi connectivity index (χ4v) is 8.24. The number of halogens is 1. The summed E-state index contributed by atoms with van der Waals surface area (Å²) in [7, 11) is -1.52. The van der Waals surface area contributed by atoms with Crippen LogP contribution in [0.2, 0.25) is 5.02 Å². The Balaban J connectivity index is 1.61. The highest BCUT2D eigenvalue weighted by Gasteiger charge is 2.38. The van der Waals surface area contributed by atoms with Gasteiger partial charge in [0, 0.05) is 37.2 Å². The van der Waals surface area contributed by atoms with Crippen molar-refractivity contribution in [2.45, 2.75) is 77.4 Å². The van der Waals surface area contributed by atoms with Crippen molar-refractivity contribution in [3.05, 3.63) is 70.3 Å². The molecular weight excluding hydrogens is 598 g/mol. The number of rotatable bonds is 3. The van der Waals surface area contributed by atoms with Crippen molar-refractivity contribution in [1.82, 2.24) is 4.72 Å². The lowest BCUT2D eigenvalue weighted by Crippen LogP contribution is -2.43. The van der Waals surface area contributed by atoms with Crippen molar-refractivity contribution in [1.29, 1.82) is 0 Å². The molecule has 10 heteroatoms. The molecule has 2 bridgehead atoms. The van der Waals surface area contributed by atoms with E-state index in [-0.39, 0.29) is 18.3 Å². The van der Waals surface area contributed by atoms with Crippen molar-refractivity contribution in [2.75, 3.05) is 30.9 Å². The second-order valence-corrected chi connectivity index (χ2v) is 14.5. The minimum atomic E-state index is -3.29. The molecule has 0 radical (unpaired) electrons. The van der Waals surface area contributed by atoms with E-state index in [9.17, 15) is 13.8 Å². The highest BCUT2D eigenvalue weighted by atomic mass is 35.5. The van der Waals surface area contributed by atoms with Gasteiger partial charge in [0.1, 0.15) is 15.7 Å². The molecule has 4 atom stereocenters. The van der Waals surface area contributed by atoms with Gasteiger partial charge in [0.25, 0.3) is 5.91 Å².